The van der Waals surface area contributed by atoms with E-state index >= 15 is 0 Å². The summed E-state index contributed by atoms with van der Waals surface area (Å²) in [5, 5.41) is 11.7. The van der Waals surface area contributed by atoms with E-state index in [1.54, 1.807) is 37.3 Å². The number of thiazole rings is 1. The van der Waals surface area contributed by atoms with E-state index in [1.807, 2.05) is 26.0 Å². The molecule has 1 aliphatic rings. The topological polar surface area (TPSA) is 106 Å². The van der Waals surface area contributed by atoms with Gasteiger partial charge in [-0.25, -0.2) is 9.78 Å². The average Bonchev–Trinajstić information content (AvgIpc) is 3.45. The normalized spacial score (nSPS) is 16.3. The highest BCUT2D eigenvalue weighted by atomic mass is 32.1. The molecule has 1 aromatic heterocycles. The fourth-order valence-corrected chi connectivity index (χ4v) is 5.42. The number of carbonyl (C=O) groups is 3. The molecule has 3 aromatic rings. The number of hydrogen-bond acceptors (Lipinski definition) is 8. The number of hydrogen-bond donors (Lipinski definition) is 1. The molecule has 2 heterocycles. The summed E-state index contributed by atoms with van der Waals surface area (Å²) in [5.41, 5.74) is 3.00. The zero-order valence-corrected chi connectivity index (χ0v) is 23.8. The van der Waals surface area contributed by atoms with E-state index in [2.05, 4.69) is 18.5 Å². The number of aliphatic hydroxyl groups excluding tert-OH is 1. The van der Waals surface area contributed by atoms with Crippen molar-refractivity contribution < 1.29 is 29.0 Å². The number of benzene rings is 2. The molecule has 9 heteroatoms. The van der Waals surface area contributed by atoms with E-state index in [4.69, 9.17) is 9.47 Å². The Morgan fingerprint density at radius 1 is 1.15 bits per heavy atom. The largest absolute Gasteiger partial charge is 0.507 e. The first kappa shape index (κ1) is 28.8. The van der Waals surface area contributed by atoms with Crippen molar-refractivity contribution in [2.24, 2.45) is 0 Å². The Morgan fingerprint density at radius 3 is 2.55 bits per heavy atom. The first-order valence-electron chi connectivity index (χ1n) is 13.0. The number of ether oxygens (including phenoxy) is 2. The highest BCUT2D eigenvalue weighted by Crippen LogP contribution is 2.44. The Balaban J connectivity index is 1.85. The molecular weight excluding hydrogens is 528 g/mol. The number of aliphatic hydroxyl groups is 1. The van der Waals surface area contributed by atoms with Crippen LogP contribution in [0.5, 0.6) is 5.75 Å². The van der Waals surface area contributed by atoms with E-state index in [9.17, 15) is 19.5 Å². The fraction of sp³-hybridized carbons (Fsp3) is 0.290. The maximum atomic E-state index is 13.5. The van der Waals surface area contributed by atoms with Crippen LogP contribution in [0.1, 0.15) is 63.4 Å². The van der Waals surface area contributed by atoms with E-state index in [0.29, 0.717) is 29.2 Å². The SMILES string of the molecule is C=CCOC(=O)c1sc(N2C(=O)C(=O)/C(=C(/O)c3cc(C)ccc3C)C2c2ccc(OCCCC)cc2)nc1C. The minimum Gasteiger partial charge on any atom is -0.507 e. The van der Waals surface area contributed by atoms with Gasteiger partial charge in [0.2, 0.25) is 0 Å². The maximum Gasteiger partial charge on any atom is 0.350 e. The standard InChI is InChI=1S/C31H32N2O6S/c1-6-8-16-38-22-13-11-21(12-14-22)25-24(26(34)23-17-18(3)9-10-19(23)4)27(35)29(36)33(25)31-32-20(5)28(40-31)30(37)39-15-7-2/h7,9-14,17,25,34H,2,6,8,15-16H2,1,3-5H3/b26-24+. The summed E-state index contributed by atoms with van der Waals surface area (Å²) in [5.74, 6) is -1.90. The summed E-state index contributed by atoms with van der Waals surface area (Å²) in [6.07, 6.45) is 3.37. The van der Waals surface area contributed by atoms with Crippen molar-refractivity contribution in [2.75, 3.05) is 18.1 Å². The van der Waals surface area contributed by atoms with Crippen molar-refractivity contribution >= 4 is 39.9 Å². The molecule has 4 rings (SSSR count). The van der Waals surface area contributed by atoms with Gasteiger partial charge >= 0.3 is 11.9 Å². The molecule has 8 nitrogen and oxygen atoms in total. The molecule has 1 aliphatic heterocycles. The molecule has 2 aromatic carbocycles. The second-order valence-electron chi connectivity index (χ2n) is 9.56. The summed E-state index contributed by atoms with van der Waals surface area (Å²) in [6, 6.07) is 11.6. The molecule has 0 radical (unpaired) electrons. The van der Waals surface area contributed by atoms with Crippen molar-refractivity contribution in [2.45, 2.75) is 46.6 Å². The van der Waals surface area contributed by atoms with Crippen LogP contribution in [0, 0.1) is 20.8 Å². The second kappa shape index (κ2) is 12.3. The number of esters is 1. The lowest BCUT2D eigenvalue weighted by Crippen LogP contribution is -2.29. The Kier molecular flexibility index (Phi) is 8.84. The average molecular weight is 561 g/mol. The first-order chi connectivity index (χ1) is 19.2. The van der Waals surface area contributed by atoms with Gasteiger partial charge < -0.3 is 14.6 Å². The van der Waals surface area contributed by atoms with E-state index in [-0.39, 0.29) is 27.9 Å². The van der Waals surface area contributed by atoms with Crippen molar-refractivity contribution in [3.63, 3.8) is 0 Å². The summed E-state index contributed by atoms with van der Waals surface area (Å²) in [4.78, 5) is 45.6. The molecule has 0 saturated carbocycles. The van der Waals surface area contributed by atoms with Crippen molar-refractivity contribution in [3.05, 3.63) is 93.5 Å². The summed E-state index contributed by atoms with van der Waals surface area (Å²) < 4.78 is 11.0. The van der Waals surface area contributed by atoms with Gasteiger partial charge in [0.25, 0.3) is 5.78 Å². The molecule has 40 heavy (non-hydrogen) atoms. The number of aromatic nitrogens is 1. The highest BCUT2D eigenvalue weighted by molar-refractivity contribution is 7.17. The smallest absolute Gasteiger partial charge is 0.350 e. The predicted molar refractivity (Wildman–Crippen MR) is 155 cm³/mol. The van der Waals surface area contributed by atoms with Gasteiger partial charge in [-0.15, -0.1) is 0 Å². The van der Waals surface area contributed by atoms with Gasteiger partial charge in [0.15, 0.2) is 5.13 Å². The third-order valence-corrected chi connectivity index (χ3v) is 7.70. The van der Waals surface area contributed by atoms with E-state index in [1.165, 1.54) is 11.0 Å². The zero-order valence-electron chi connectivity index (χ0n) is 23.0. The number of carbonyl (C=O) groups excluding carboxylic acids is 3. The van der Waals surface area contributed by atoms with Crippen LogP contribution >= 0.6 is 11.3 Å². The minimum atomic E-state index is -0.979. The third kappa shape index (κ3) is 5.70. The van der Waals surface area contributed by atoms with Crippen LogP contribution < -0.4 is 9.64 Å². The quantitative estimate of drug-likeness (QED) is 0.0784. The summed E-state index contributed by atoms with van der Waals surface area (Å²) in [6.45, 7) is 11.6. The van der Waals surface area contributed by atoms with Gasteiger partial charge in [-0.2, -0.15) is 0 Å². The number of unbranched alkanes of at least 4 members (excludes halogenated alkanes) is 1. The second-order valence-corrected chi connectivity index (χ2v) is 10.5. The number of amides is 1. The van der Waals surface area contributed by atoms with Gasteiger partial charge in [-0.1, -0.05) is 67.2 Å². The molecule has 1 saturated heterocycles. The monoisotopic (exact) mass is 560 g/mol. The Labute approximate surface area is 237 Å². The number of aryl methyl sites for hydroxylation is 3. The number of ketones is 1. The van der Waals surface area contributed by atoms with Crippen LogP contribution in [-0.4, -0.2) is 41.0 Å². The van der Waals surface area contributed by atoms with Gasteiger partial charge in [0.05, 0.1) is 23.9 Å². The fourth-order valence-electron chi connectivity index (χ4n) is 4.44. The lowest BCUT2D eigenvalue weighted by atomic mass is 9.93. The summed E-state index contributed by atoms with van der Waals surface area (Å²) >= 11 is 0.955. The highest BCUT2D eigenvalue weighted by Gasteiger charge is 2.48. The van der Waals surface area contributed by atoms with Crippen LogP contribution in [0.3, 0.4) is 0 Å². The number of rotatable bonds is 10. The molecule has 1 fully saturated rings. The van der Waals surface area contributed by atoms with Crippen LogP contribution in [0.4, 0.5) is 5.13 Å². The van der Waals surface area contributed by atoms with E-state index in [0.717, 1.165) is 35.3 Å². The number of Topliss-reactive ketones (excluding diaryl/α,β-unsaturated/α-hetero) is 1. The molecule has 0 aliphatic carbocycles. The van der Waals surface area contributed by atoms with E-state index < -0.39 is 23.7 Å². The van der Waals surface area contributed by atoms with Crippen LogP contribution in [0.2, 0.25) is 0 Å². The molecule has 1 atom stereocenters. The van der Waals surface area contributed by atoms with Crippen LogP contribution in [0.15, 0.2) is 60.7 Å². The molecular formula is C31H32N2O6S. The predicted octanol–water partition coefficient (Wildman–Crippen LogP) is 6.22. The molecule has 0 spiro atoms. The lowest BCUT2D eigenvalue weighted by Gasteiger charge is -2.23. The Bertz CT molecular complexity index is 1490. The van der Waals surface area contributed by atoms with Gasteiger partial charge in [0, 0.05) is 5.56 Å². The first-order valence-corrected chi connectivity index (χ1v) is 13.9. The van der Waals surface area contributed by atoms with Crippen molar-refractivity contribution in [3.8, 4) is 5.75 Å². The maximum absolute atomic E-state index is 13.5. The lowest BCUT2D eigenvalue weighted by molar-refractivity contribution is -0.132. The summed E-state index contributed by atoms with van der Waals surface area (Å²) in [7, 11) is 0. The minimum absolute atomic E-state index is 0.0263. The number of anilines is 1. The third-order valence-electron chi connectivity index (χ3n) is 6.56. The molecule has 1 N–H and O–H groups in total. The zero-order chi connectivity index (χ0) is 29.0. The number of nitrogens with zero attached hydrogens (tertiary/aromatic N) is 2. The van der Waals surface area contributed by atoms with Crippen molar-refractivity contribution in [1.82, 2.24) is 4.98 Å². The van der Waals surface area contributed by atoms with Gasteiger partial charge in [-0.3, -0.25) is 14.5 Å². The van der Waals surface area contributed by atoms with Crippen LogP contribution in [-0.2, 0) is 14.3 Å². The van der Waals surface area contributed by atoms with Gasteiger partial charge in [0.1, 0.15) is 23.0 Å². The van der Waals surface area contributed by atoms with Crippen LogP contribution in [0.25, 0.3) is 5.76 Å². The van der Waals surface area contributed by atoms with Crippen molar-refractivity contribution in [1.29, 1.82) is 0 Å². The molecule has 1 amide bonds. The van der Waals surface area contributed by atoms with Gasteiger partial charge in [-0.05, 0) is 56.5 Å². The molecule has 208 valence electrons. The molecule has 0 bridgehead atoms. The Hall–Kier alpha value is -4.24. The molecule has 1 unspecified atom stereocenters. The Morgan fingerprint density at radius 2 is 1.88 bits per heavy atom.